The lowest BCUT2D eigenvalue weighted by Gasteiger charge is -2.43. The van der Waals surface area contributed by atoms with Gasteiger partial charge in [-0.25, -0.2) is 9.13 Å². The molecule has 0 amide bonds. The normalized spacial score (nSPS) is 22.6. The smallest absolute Gasteiger partial charge is 0.462 e. The van der Waals surface area contributed by atoms with E-state index in [9.17, 15) is 58.9 Å². The monoisotopic (exact) mass is 1000 g/mol. The Labute approximate surface area is 403 Å². The van der Waals surface area contributed by atoms with Gasteiger partial charge in [0.25, 0.3) is 0 Å². The van der Waals surface area contributed by atoms with Crippen LogP contribution in [0, 0.1) is 0 Å². The molecule has 6 unspecified atom stereocenters. The zero-order valence-electron chi connectivity index (χ0n) is 39.9. The van der Waals surface area contributed by atoms with Crippen LogP contribution < -0.4 is 0 Å². The van der Waals surface area contributed by atoms with E-state index in [-0.39, 0.29) is 12.8 Å². The molecule has 0 aromatic rings. The Balaban J connectivity index is 2.70. The third-order valence-corrected chi connectivity index (χ3v) is 11.7. The van der Waals surface area contributed by atoms with Crippen LogP contribution in [0.15, 0.2) is 97.2 Å². The first-order valence-corrected chi connectivity index (χ1v) is 26.9. The fraction of sp³-hybridized carbons (Fsp3) is 0.633. The number of esters is 2. The van der Waals surface area contributed by atoms with Crippen LogP contribution in [0.4, 0.5) is 0 Å². The minimum absolute atomic E-state index is 0.0188. The third-order valence-electron chi connectivity index (χ3n) is 10.2. The second-order valence-corrected chi connectivity index (χ2v) is 18.9. The summed E-state index contributed by atoms with van der Waals surface area (Å²) in [6.45, 7) is 2.81. The number of hydrogen-bond donors (Lipinski definition) is 8. The van der Waals surface area contributed by atoms with Crippen LogP contribution in [-0.4, -0.2) is 114 Å². The first kappa shape index (κ1) is 62.9. The van der Waals surface area contributed by atoms with Crippen molar-refractivity contribution < 1.29 is 82.0 Å². The van der Waals surface area contributed by atoms with E-state index >= 15 is 0 Å². The highest BCUT2D eigenvalue weighted by Gasteiger charge is 2.54. The number of carbonyl (C=O) groups is 2. The molecule has 0 radical (unpaired) electrons. The van der Waals surface area contributed by atoms with E-state index in [1.165, 1.54) is 38.5 Å². The molecule has 0 heterocycles. The molecule has 0 saturated heterocycles. The van der Waals surface area contributed by atoms with Crippen molar-refractivity contribution in [3.05, 3.63) is 97.2 Å². The van der Waals surface area contributed by atoms with Crippen LogP contribution in [0.2, 0.25) is 0 Å². The van der Waals surface area contributed by atoms with Gasteiger partial charge in [0.15, 0.2) is 6.10 Å². The molecule has 0 bridgehead atoms. The molecule has 68 heavy (non-hydrogen) atoms. The number of phosphoric ester groups is 2. The standard InChI is InChI=1S/C49H80O17P2/c1-3-5-7-9-11-12-13-14-15-16-17-18-19-20-24-28-32-36-42(51)62-38-41(39-63-68(60,61)66-49-46(55)44(53)45(54)48(47(49)56)65-67(57,58)59)64-43(52)37-33-29-25-22-21-23-27-31-35-40(50)34-30-26-10-8-6-4-2/h6,8,14-15,17-18,20,22-27,30-31,35,40-41,44-50,53-56H,3-5,7,9-13,16,19,21,28-29,32-34,36-39H2,1-2H3,(H,60,61)(H2,57,58,59)/b8-6-,15-14-,18-17-,24-20-,25-22-,27-23-,30-26-,35-31+/t40?,41-,44?,45?,46?,47?,48-,49+/m1/s1. The van der Waals surface area contributed by atoms with Gasteiger partial charge >= 0.3 is 27.6 Å². The van der Waals surface area contributed by atoms with E-state index in [1.807, 2.05) is 48.6 Å². The van der Waals surface area contributed by atoms with Gasteiger partial charge in [0.05, 0.1) is 12.7 Å². The SMILES string of the molecule is CC/C=C\C/C=C\CC(O)/C=C/C=C\C/C=C\CCCC(=O)O[C@H](COC(=O)CCC/C=C\C/C=C\C/C=C\CCCCCCCC)COP(=O)(O)O[C@H]1C(O)C(O)C(O)[C@@H](OP(=O)(O)O)C1O. The zero-order chi connectivity index (χ0) is 50.5. The molecule has 1 rings (SSSR count). The first-order valence-electron chi connectivity index (χ1n) is 23.9. The molecule has 0 aromatic carbocycles. The van der Waals surface area contributed by atoms with Crippen molar-refractivity contribution in [2.24, 2.45) is 0 Å². The molecule has 1 aliphatic rings. The number of unbranched alkanes of at least 4 members (excludes halogenated alkanes) is 8. The Morgan fingerprint density at radius 3 is 1.68 bits per heavy atom. The largest absolute Gasteiger partial charge is 0.472 e. The Morgan fingerprint density at radius 2 is 1.07 bits per heavy atom. The van der Waals surface area contributed by atoms with Gasteiger partial charge in [0.2, 0.25) is 0 Å². The van der Waals surface area contributed by atoms with Crippen LogP contribution in [0.3, 0.4) is 0 Å². The maximum atomic E-state index is 13.0. The first-order chi connectivity index (χ1) is 32.5. The Kier molecular flexibility index (Phi) is 35.7. The summed E-state index contributed by atoms with van der Waals surface area (Å²) in [5, 5.41) is 51.3. The fourth-order valence-electron chi connectivity index (χ4n) is 6.51. The van der Waals surface area contributed by atoms with Crippen molar-refractivity contribution in [2.45, 2.75) is 185 Å². The van der Waals surface area contributed by atoms with Crippen LogP contribution in [0.1, 0.15) is 136 Å². The van der Waals surface area contributed by atoms with E-state index in [1.54, 1.807) is 12.2 Å². The van der Waals surface area contributed by atoms with Crippen LogP contribution in [0.25, 0.3) is 0 Å². The summed E-state index contributed by atoms with van der Waals surface area (Å²) in [6, 6.07) is 0. The van der Waals surface area contributed by atoms with Gasteiger partial charge in [0.1, 0.15) is 43.2 Å². The molecular weight excluding hydrogens is 922 g/mol. The van der Waals surface area contributed by atoms with Gasteiger partial charge in [-0.1, -0.05) is 143 Å². The Morgan fingerprint density at radius 1 is 0.559 bits per heavy atom. The van der Waals surface area contributed by atoms with Crippen molar-refractivity contribution in [2.75, 3.05) is 13.2 Å². The van der Waals surface area contributed by atoms with Crippen molar-refractivity contribution in [1.29, 1.82) is 0 Å². The average Bonchev–Trinajstić information content (AvgIpc) is 3.29. The molecule has 0 aliphatic heterocycles. The number of aliphatic hydroxyl groups is 5. The summed E-state index contributed by atoms with van der Waals surface area (Å²) >= 11 is 0. The molecule has 0 spiro atoms. The molecule has 1 aliphatic carbocycles. The van der Waals surface area contributed by atoms with Crippen LogP contribution in [-0.2, 0) is 41.8 Å². The van der Waals surface area contributed by atoms with Gasteiger partial charge in [-0.3, -0.25) is 23.2 Å². The van der Waals surface area contributed by atoms with Crippen molar-refractivity contribution in [3.63, 3.8) is 0 Å². The van der Waals surface area contributed by atoms with Gasteiger partial charge < -0.3 is 49.7 Å². The number of carbonyl (C=O) groups excluding carboxylic acids is 2. The second kappa shape index (κ2) is 38.6. The number of phosphoric acid groups is 2. The lowest BCUT2D eigenvalue weighted by molar-refractivity contribution is -0.216. The van der Waals surface area contributed by atoms with Crippen LogP contribution >= 0.6 is 15.6 Å². The number of rotatable bonds is 38. The van der Waals surface area contributed by atoms with Gasteiger partial charge in [-0.15, -0.1) is 0 Å². The minimum Gasteiger partial charge on any atom is -0.462 e. The van der Waals surface area contributed by atoms with Crippen molar-refractivity contribution in [1.82, 2.24) is 0 Å². The predicted octanol–water partition coefficient (Wildman–Crippen LogP) is 8.14. The summed E-state index contributed by atoms with van der Waals surface area (Å²) in [4.78, 5) is 54.2. The topological polar surface area (TPSA) is 276 Å². The van der Waals surface area contributed by atoms with Gasteiger partial charge in [-0.2, -0.15) is 0 Å². The predicted molar refractivity (Wildman–Crippen MR) is 261 cm³/mol. The van der Waals surface area contributed by atoms with E-state index in [0.29, 0.717) is 38.5 Å². The molecule has 388 valence electrons. The minimum atomic E-state index is -5.39. The van der Waals surface area contributed by atoms with E-state index in [4.69, 9.17) is 18.5 Å². The van der Waals surface area contributed by atoms with Crippen molar-refractivity contribution in [3.8, 4) is 0 Å². The van der Waals surface area contributed by atoms with Crippen LogP contribution in [0.5, 0.6) is 0 Å². The number of allylic oxidation sites excluding steroid dienone is 14. The summed E-state index contributed by atoms with van der Waals surface area (Å²) in [7, 11) is -10.7. The van der Waals surface area contributed by atoms with Gasteiger partial charge in [0, 0.05) is 12.8 Å². The van der Waals surface area contributed by atoms with Gasteiger partial charge in [-0.05, 0) is 77.0 Å². The molecule has 9 atom stereocenters. The molecule has 0 aromatic heterocycles. The molecule has 1 saturated carbocycles. The summed E-state index contributed by atoms with van der Waals surface area (Å²) in [6.07, 6.45) is 31.2. The second-order valence-electron chi connectivity index (χ2n) is 16.3. The summed E-state index contributed by atoms with van der Waals surface area (Å²) in [5.74, 6) is -1.38. The lowest BCUT2D eigenvalue weighted by Crippen LogP contribution is -2.64. The maximum absolute atomic E-state index is 13.0. The molecule has 8 N–H and O–H groups in total. The lowest BCUT2D eigenvalue weighted by atomic mass is 9.85. The van der Waals surface area contributed by atoms with E-state index in [2.05, 4.69) is 54.8 Å². The molecular formula is C49H80O17P2. The number of ether oxygens (including phenoxy) is 2. The van der Waals surface area contributed by atoms with E-state index in [0.717, 1.165) is 32.1 Å². The maximum Gasteiger partial charge on any atom is 0.472 e. The highest BCUT2D eigenvalue weighted by atomic mass is 31.2. The summed E-state index contributed by atoms with van der Waals surface area (Å²) < 4.78 is 49.2. The van der Waals surface area contributed by atoms with Crippen molar-refractivity contribution >= 4 is 27.6 Å². The molecule has 19 heteroatoms. The number of hydrogen-bond acceptors (Lipinski definition) is 14. The Bertz CT molecular complexity index is 1700. The zero-order valence-corrected chi connectivity index (χ0v) is 41.6. The Hall–Kier alpha value is -3.12. The quantitative estimate of drug-likeness (QED) is 0.00953. The average molecular weight is 1000 g/mol. The van der Waals surface area contributed by atoms with E-state index < -0.39 is 89.6 Å². The molecule has 17 nitrogen and oxygen atoms in total. The molecule has 1 fully saturated rings. The highest BCUT2D eigenvalue weighted by Crippen LogP contribution is 2.49. The third kappa shape index (κ3) is 32.6. The number of aliphatic hydroxyl groups excluding tert-OH is 5. The fourth-order valence-corrected chi connectivity index (χ4v) is 8.05. The highest BCUT2D eigenvalue weighted by molar-refractivity contribution is 7.47. The summed E-state index contributed by atoms with van der Waals surface area (Å²) in [5.41, 5.74) is 0.